The van der Waals surface area contributed by atoms with Crippen molar-refractivity contribution in [2.45, 2.75) is 25.9 Å². The first-order valence-corrected chi connectivity index (χ1v) is 4.61. The van der Waals surface area contributed by atoms with Crippen LogP contribution in [0, 0.1) is 11.3 Å². The largest absolute Gasteiger partial charge is 0.374 e. The van der Waals surface area contributed by atoms with Gasteiger partial charge in [-0.25, -0.2) is 0 Å². The molecule has 0 saturated heterocycles. The third-order valence-corrected chi connectivity index (χ3v) is 2.44. The smallest absolute Gasteiger partial charge is 0.0871 e. The second-order valence-corrected chi connectivity index (χ2v) is 3.75. The maximum atomic E-state index is 8.52. The standard InChI is InChI=1S/C12H15NO/c1-12(2,14-3)11-6-4-10(5-7-11)8-9-13/h4-7H,8H2,1-3H3. The summed E-state index contributed by atoms with van der Waals surface area (Å²) in [4.78, 5) is 0. The van der Waals surface area contributed by atoms with Crippen molar-refractivity contribution >= 4 is 0 Å². The van der Waals surface area contributed by atoms with Crippen molar-refractivity contribution in [2.24, 2.45) is 0 Å². The van der Waals surface area contributed by atoms with Gasteiger partial charge in [-0.2, -0.15) is 5.26 Å². The summed E-state index contributed by atoms with van der Waals surface area (Å²) in [6, 6.07) is 10.1. The van der Waals surface area contributed by atoms with E-state index in [0.717, 1.165) is 11.1 Å². The molecule has 2 nitrogen and oxygen atoms in total. The molecule has 0 aliphatic rings. The van der Waals surface area contributed by atoms with Crippen LogP contribution in [0.15, 0.2) is 24.3 Å². The quantitative estimate of drug-likeness (QED) is 0.732. The van der Waals surface area contributed by atoms with E-state index >= 15 is 0 Å². The molecule has 0 heterocycles. The highest BCUT2D eigenvalue weighted by molar-refractivity contribution is 5.27. The Hall–Kier alpha value is -1.33. The van der Waals surface area contributed by atoms with E-state index < -0.39 is 0 Å². The number of benzene rings is 1. The van der Waals surface area contributed by atoms with Crippen LogP contribution in [0.1, 0.15) is 25.0 Å². The average molecular weight is 189 g/mol. The molecule has 0 fully saturated rings. The molecule has 0 radical (unpaired) electrons. The normalized spacial score (nSPS) is 11.0. The van der Waals surface area contributed by atoms with Gasteiger partial charge in [-0.3, -0.25) is 0 Å². The summed E-state index contributed by atoms with van der Waals surface area (Å²) in [6.45, 7) is 4.04. The molecule has 0 spiro atoms. The molecule has 0 atom stereocenters. The van der Waals surface area contributed by atoms with Gasteiger partial charge in [-0.1, -0.05) is 24.3 Å². The van der Waals surface area contributed by atoms with E-state index in [-0.39, 0.29) is 5.60 Å². The summed E-state index contributed by atoms with van der Waals surface area (Å²) >= 11 is 0. The van der Waals surface area contributed by atoms with Crippen molar-refractivity contribution in [3.05, 3.63) is 35.4 Å². The van der Waals surface area contributed by atoms with Crippen LogP contribution in [0.25, 0.3) is 0 Å². The maximum Gasteiger partial charge on any atom is 0.0871 e. The molecule has 0 N–H and O–H groups in total. The van der Waals surface area contributed by atoms with Gasteiger partial charge in [0.1, 0.15) is 0 Å². The van der Waals surface area contributed by atoms with E-state index in [4.69, 9.17) is 10.00 Å². The Morgan fingerprint density at radius 1 is 1.29 bits per heavy atom. The Kier molecular flexibility index (Phi) is 3.27. The minimum Gasteiger partial charge on any atom is -0.374 e. The zero-order valence-corrected chi connectivity index (χ0v) is 8.87. The van der Waals surface area contributed by atoms with Crippen molar-refractivity contribution in [1.29, 1.82) is 5.26 Å². The fourth-order valence-corrected chi connectivity index (χ4v) is 1.23. The monoisotopic (exact) mass is 189 g/mol. The molecule has 0 aromatic heterocycles. The van der Waals surface area contributed by atoms with E-state index in [9.17, 15) is 0 Å². The first-order chi connectivity index (χ1) is 6.60. The Morgan fingerprint density at radius 3 is 2.29 bits per heavy atom. The van der Waals surface area contributed by atoms with Crippen molar-refractivity contribution < 1.29 is 4.74 Å². The molecule has 0 amide bonds. The number of methoxy groups -OCH3 is 1. The number of hydrogen-bond donors (Lipinski definition) is 0. The number of ether oxygens (including phenoxy) is 1. The highest BCUT2D eigenvalue weighted by atomic mass is 16.5. The molecule has 1 aromatic rings. The molecule has 0 unspecified atom stereocenters. The van der Waals surface area contributed by atoms with Crippen LogP contribution in [0.2, 0.25) is 0 Å². The predicted molar refractivity (Wildman–Crippen MR) is 55.8 cm³/mol. The van der Waals surface area contributed by atoms with Gasteiger partial charge in [-0.15, -0.1) is 0 Å². The molecule has 14 heavy (non-hydrogen) atoms. The Labute approximate surface area is 85.1 Å². The van der Waals surface area contributed by atoms with E-state index in [1.165, 1.54) is 0 Å². The molecule has 0 aliphatic carbocycles. The molecule has 2 heteroatoms. The average Bonchev–Trinajstić information content (AvgIpc) is 2.19. The lowest BCUT2D eigenvalue weighted by molar-refractivity contribution is 0.0192. The van der Waals surface area contributed by atoms with Crippen LogP contribution in [0.5, 0.6) is 0 Å². The minimum atomic E-state index is -0.259. The van der Waals surface area contributed by atoms with Gasteiger partial charge in [-0.05, 0) is 25.0 Å². The second kappa shape index (κ2) is 4.26. The van der Waals surface area contributed by atoms with E-state index in [1.54, 1.807) is 7.11 Å². The van der Waals surface area contributed by atoms with Crippen LogP contribution >= 0.6 is 0 Å². The Balaban J connectivity index is 2.89. The van der Waals surface area contributed by atoms with Crippen LogP contribution in [-0.4, -0.2) is 7.11 Å². The zero-order chi connectivity index (χ0) is 10.6. The van der Waals surface area contributed by atoms with Crippen molar-refractivity contribution in [3.8, 4) is 6.07 Å². The summed E-state index contributed by atoms with van der Waals surface area (Å²) in [6.07, 6.45) is 0.466. The summed E-state index contributed by atoms with van der Waals surface area (Å²) < 4.78 is 5.36. The number of nitriles is 1. The highest BCUT2D eigenvalue weighted by Crippen LogP contribution is 2.23. The molecular weight excluding hydrogens is 174 g/mol. The molecule has 74 valence electrons. The Bertz CT molecular complexity index is 332. The minimum absolute atomic E-state index is 0.259. The van der Waals surface area contributed by atoms with Gasteiger partial charge >= 0.3 is 0 Å². The van der Waals surface area contributed by atoms with Gasteiger partial charge < -0.3 is 4.74 Å². The highest BCUT2D eigenvalue weighted by Gasteiger charge is 2.18. The molecule has 0 bridgehead atoms. The zero-order valence-electron chi connectivity index (χ0n) is 8.87. The number of hydrogen-bond acceptors (Lipinski definition) is 2. The number of nitrogens with zero attached hydrogens (tertiary/aromatic N) is 1. The van der Waals surface area contributed by atoms with Crippen LogP contribution in [0.3, 0.4) is 0 Å². The molecule has 0 saturated carbocycles. The third-order valence-electron chi connectivity index (χ3n) is 2.44. The molecule has 0 aliphatic heterocycles. The fourth-order valence-electron chi connectivity index (χ4n) is 1.23. The maximum absolute atomic E-state index is 8.52. The van der Waals surface area contributed by atoms with Gasteiger partial charge in [0.2, 0.25) is 0 Å². The number of rotatable bonds is 3. The first kappa shape index (κ1) is 10.7. The summed E-state index contributed by atoms with van der Waals surface area (Å²) in [5.41, 5.74) is 1.91. The summed E-state index contributed by atoms with van der Waals surface area (Å²) in [5.74, 6) is 0. The van der Waals surface area contributed by atoms with Crippen LogP contribution < -0.4 is 0 Å². The van der Waals surface area contributed by atoms with E-state index in [1.807, 2.05) is 38.1 Å². The van der Waals surface area contributed by atoms with E-state index in [0.29, 0.717) is 6.42 Å². The molecule has 1 rings (SSSR count). The lowest BCUT2D eigenvalue weighted by atomic mass is 9.96. The van der Waals surface area contributed by atoms with Crippen molar-refractivity contribution in [3.63, 3.8) is 0 Å². The summed E-state index contributed by atoms with van der Waals surface area (Å²) in [5, 5.41) is 8.52. The SMILES string of the molecule is COC(C)(C)c1ccc(CC#N)cc1. The third kappa shape index (κ3) is 2.34. The van der Waals surface area contributed by atoms with E-state index in [2.05, 4.69) is 6.07 Å². The van der Waals surface area contributed by atoms with Gasteiger partial charge in [0, 0.05) is 7.11 Å². The second-order valence-electron chi connectivity index (χ2n) is 3.75. The topological polar surface area (TPSA) is 33.0 Å². The predicted octanol–water partition coefficient (Wildman–Crippen LogP) is 2.63. The van der Waals surface area contributed by atoms with Crippen molar-refractivity contribution in [2.75, 3.05) is 7.11 Å². The fraction of sp³-hybridized carbons (Fsp3) is 0.417. The Morgan fingerprint density at radius 2 is 1.86 bits per heavy atom. The summed E-state index contributed by atoms with van der Waals surface area (Å²) in [7, 11) is 1.70. The van der Waals surface area contributed by atoms with Crippen LogP contribution in [-0.2, 0) is 16.8 Å². The lowest BCUT2D eigenvalue weighted by Crippen LogP contribution is -2.19. The molecule has 1 aromatic carbocycles. The molecular formula is C12H15NO. The lowest BCUT2D eigenvalue weighted by Gasteiger charge is -2.23. The van der Waals surface area contributed by atoms with Crippen LogP contribution in [0.4, 0.5) is 0 Å². The van der Waals surface area contributed by atoms with Crippen molar-refractivity contribution in [1.82, 2.24) is 0 Å². The van der Waals surface area contributed by atoms with Gasteiger partial charge in [0.15, 0.2) is 0 Å². The van der Waals surface area contributed by atoms with Gasteiger partial charge in [0.25, 0.3) is 0 Å². The first-order valence-electron chi connectivity index (χ1n) is 4.61. The van der Waals surface area contributed by atoms with Gasteiger partial charge in [0.05, 0.1) is 18.1 Å².